The Kier molecular flexibility index (Phi) is 4.40. The first kappa shape index (κ1) is 14.5. The van der Waals surface area contributed by atoms with Gasteiger partial charge in [0.1, 0.15) is 0 Å². The van der Waals surface area contributed by atoms with E-state index in [1.165, 1.54) is 23.1 Å². The van der Waals surface area contributed by atoms with E-state index in [0.29, 0.717) is 10.8 Å². The lowest BCUT2D eigenvalue weighted by atomic mass is 10.4. The maximum Gasteiger partial charge on any atom is 0.296 e. The van der Waals surface area contributed by atoms with Gasteiger partial charge in [-0.1, -0.05) is 16.5 Å². The Hall–Kier alpha value is -1.87. The van der Waals surface area contributed by atoms with Crippen molar-refractivity contribution in [2.24, 2.45) is 5.73 Å². The number of thiazole rings is 1. The van der Waals surface area contributed by atoms with E-state index in [2.05, 4.69) is 15.5 Å². The highest BCUT2D eigenvalue weighted by Gasteiger charge is 2.15. The van der Waals surface area contributed by atoms with Crippen molar-refractivity contribution < 1.29 is 14.1 Å². The molecule has 106 valence electrons. The summed E-state index contributed by atoms with van der Waals surface area (Å²) in [6.07, 6.45) is 0. The molecule has 0 saturated heterocycles. The van der Waals surface area contributed by atoms with Crippen LogP contribution in [0.3, 0.4) is 0 Å². The minimum Gasteiger partial charge on any atom is -0.369 e. The zero-order valence-electron chi connectivity index (χ0n) is 10.8. The average molecular weight is 312 g/mol. The number of nitrogens with two attached hydrogens (primary N) is 1. The molecule has 7 nitrogen and oxygen atoms in total. The minimum absolute atomic E-state index is 0.127. The van der Waals surface area contributed by atoms with Crippen molar-refractivity contribution in [3.63, 3.8) is 0 Å². The molecule has 0 atom stereocenters. The van der Waals surface area contributed by atoms with Gasteiger partial charge in [0.2, 0.25) is 11.7 Å². The number of anilines is 1. The van der Waals surface area contributed by atoms with Crippen molar-refractivity contribution in [2.45, 2.75) is 18.1 Å². The van der Waals surface area contributed by atoms with E-state index in [-0.39, 0.29) is 11.5 Å². The largest absolute Gasteiger partial charge is 0.369 e. The van der Waals surface area contributed by atoms with Crippen LogP contribution in [0.4, 0.5) is 5.13 Å². The summed E-state index contributed by atoms with van der Waals surface area (Å²) in [5.41, 5.74) is 6.46. The van der Waals surface area contributed by atoms with Crippen LogP contribution in [-0.4, -0.2) is 27.7 Å². The van der Waals surface area contributed by atoms with Crippen molar-refractivity contribution in [2.75, 3.05) is 11.1 Å². The predicted octanol–water partition coefficient (Wildman–Crippen LogP) is 1.58. The van der Waals surface area contributed by atoms with Gasteiger partial charge in [0, 0.05) is 6.07 Å². The summed E-state index contributed by atoms with van der Waals surface area (Å²) in [5.74, 6) is -0.504. The Morgan fingerprint density at radius 2 is 2.25 bits per heavy atom. The fraction of sp³-hybridized carbons (Fsp3) is 0.273. The van der Waals surface area contributed by atoms with Crippen LogP contribution >= 0.6 is 23.1 Å². The van der Waals surface area contributed by atoms with Crippen molar-refractivity contribution in [3.8, 4) is 0 Å². The summed E-state index contributed by atoms with van der Waals surface area (Å²) in [4.78, 5) is 26.8. The first-order valence-corrected chi connectivity index (χ1v) is 7.39. The second kappa shape index (κ2) is 6.06. The standard InChI is InChI=1S/C11H12N4O3S2/c1-5-3-7(18-15-5)9(17)14-11-13-6(2)10(20-11)19-4-8(12)16/h3H,4H2,1-2H3,(H2,12,16)(H,13,14,17). The van der Waals surface area contributed by atoms with Gasteiger partial charge in [-0.2, -0.15) is 0 Å². The highest BCUT2D eigenvalue weighted by Crippen LogP contribution is 2.32. The zero-order chi connectivity index (χ0) is 14.7. The topological polar surface area (TPSA) is 111 Å². The fourth-order valence-corrected chi connectivity index (χ4v) is 3.21. The van der Waals surface area contributed by atoms with Crippen LogP contribution in [0.2, 0.25) is 0 Å². The van der Waals surface area contributed by atoms with Crippen LogP contribution in [0.25, 0.3) is 0 Å². The van der Waals surface area contributed by atoms with Gasteiger partial charge in [-0.3, -0.25) is 14.9 Å². The van der Waals surface area contributed by atoms with Gasteiger partial charge in [0.05, 0.1) is 21.3 Å². The number of carbonyl (C=O) groups excluding carboxylic acids is 2. The second-order valence-corrected chi connectivity index (χ2v) is 6.18. The zero-order valence-corrected chi connectivity index (χ0v) is 12.4. The van der Waals surface area contributed by atoms with E-state index in [0.717, 1.165) is 9.90 Å². The Labute approximate surface area is 122 Å². The number of aryl methyl sites for hydroxylation is 2. The number of thioether (sulfide) groups is 1. The van der Waals surface area contributed by atoms with E-state index < -0.39 is 11.8 Å². The molecule has 0 radical (unpaired) electrons. The summed E-state index contributed by atoms with van der Waals surface area (Å²) in [6.45, 7) is 3.53. The van der Waals surface area contributed by atoms with Gasteiger partial charge in [-0.15, -0.1) is 11.8 Å². The number of nitrogens with zero attached hydrogens (tertiary/aromatic N) is 2. The first-order chi connectivity index (χ1) is 9.45. The van der Waals surface area contributed by atoms with Gasteiger partial charge in [-0.25, -0.2) is 4.98 Å². The first-order valence-electron chi connectivity index (χ1n) is 5.59. The van der Waals surface area contributed by atoms with E-state index in [9.17, 15) is 9.59 Å². The van der Waals surface area contributed by atoms with E-state index in [1.54, 1.807) is 19.9 Å². The maximum atomic E-state index is 11.9. The summed E-state index contributed by atoms with van der Waals surface area (Å²) in [7, 11) is 0. The minimum atomic E-state index is -0.411. The SMILES string of the molecule is Cc1cc(C(=O)Nc2nc(C)c(SCC(N)=O)s2)on1. The molecule has 2 aromatic rings. The molecular formula is C11H12N4O3S2. The molecule has 0 saturated carbocycles. The second-order valence-electron chi connectivity index (χ2n) is 3.93. The quantitative estimate of drug-likeness (QED) is 0.811. The number of hydrogen-bond donors (Lipinski definition) is 2. The summed E-state index contributed by atoms with van der Waals surface area (Å²) >= 11 is 2.58. The normalized spacial score (nSPS) is 10.5. The van der Waals surface area contributed by atoms with Gasteiger partial charge in [-0.05, 0) is 13.8 Å². The molecule has 0 aromatic carbocycles. The molecule has 20 heavy (non-hydrogen) atoms. The third kappa shape index (κ3) is 3.58. The van der Waals surface area contributed by atoms with Gasteiger partial charge >= 0.3 is 0 Å². The van der Waals surface area contributed by atoms with Crippen molar-refractivity contribution in [1.29, 1.82) is 0 Å². The molecule has 2 aromatic heterocycles. The third-order valence-electron chi connectivity index (χ3n) is 2.17. The van der Waals surface area contributed by atoms with Crippen molar-refractivity contribution in [1.82, 2.24) is 10.1 Å². The number of primary amides is 1. The van der Waals surface area contributed by atoms with Crippen molar-refractivity contribution in [3.05, 3.63) is 23.2 Å². The molecule has 0 unspecified atom stereocenters. The van der Waals surface area contributed by atoms with Crippen LogP contribution in [0.1, 0.15) is 21.9 Å². The summed E-state index contributed by atoms with van der Waals surface area (Å²) in [5, 5.41) is 6.71. The van der Waals surface area contributed by atoms with Crippen molar-refractivity contribution >= 4 is 40.0 Å². The van der Waals surface area contributed by atoms with E-state index >= 15 is 0 Å². The molecule has 0 fully saturated rings. The Balaban J connectivity index is 2.05. The van der Waals surface area contributed by atoms with Crippen LogP contribution < -0.4 is 11.1 Å². The summed E-state index contributed by atoms with van der Waals surface area (Å²) < 4.78 is 5.70. The molecule has 2 amide bonds. The van der Waals surface area contributed by atoms with E-state index in [1.807, 2.05) is 0 Å². The van der Waals surface area contributed by atoms with Crippen LogP contribution in [0.15, 0.2) is 14.8 Å². The Morgan fingerprint density at radius 1 is 1.50 bits per heavy atom. The molecule has 0 spiro atoms. The Bertz CT molecular complexity index is 650. The summed E-state index contributed by atoms with van der Waals surface area (Å²) in [6, 6.07) is 1.54. The number of amides is 2. The highest BCUT2D eigenvalue weighted by atomic mass is 32.2. The maximum absolute atomic E-state index is 11.9. The lowest BCUT2D eigenvalue weighted by molar-refractivity contribution is -0.115. The molecule has 0 bridgehead atoms. The fourth-order valence-electron chi connectivity index (χ4n) is 1.34. The monoisotopic (exact) mass is 312 g/mol. The van der Waals surface area contributed by atoms with Gasteiger partial charge in [0.25, 0.3) is 5.91 Å². The molecule has 0 aliphatic carbocycles. The van der Waals surface area contributed by atoms with Crippen LogP contribution in [-0.2, 0) is 4.79 Å². The Morgan fingerprint density at radius 3 is 2.85 bits per heavy atom. The molecule has 0 aliphatic heterocycles. The molecule has 2 rings (SSSR count). The van der Waals surface area contributed by atoms with E-state index in [4.69, 9.17) is 10.3 Å². The smallest absolute Gasteiger partial charge is 0.296 e. The third-order valence-corrected chi connectivity index (χ3v) is 4.63. The molecular weight excluding hydrogens is 300 g/mol. The molecule has 0 aliphatic rings. The highest BCUT2D eigenvalue weighted by molar-refractivity contribution is 8.01. The molecule has 9 heteroatoms. The van der Waals surface area contributed by atoms with Crippen LogP contribution in [0, 0.1) is 13.8 Å². The van der Waals surface area contributed by atoms with Gasteiger partial charge in [0.15, 0.2) is 5.13 Å². The average Bonchev–Trinajstić information content (AvgIpc) is 2.93. The number of nitrogens with one attached hydrogen (secondary N) is 1. The number of carbonyl (C=O) groups is 2. The number of hydrogen-bond acceptors (Lipinski definition) is 7. The number of rotatable bonds is 5. The number of aromatic nitrogens is 2. The predicted molar refractivity (Wildman–Crippen MR) is 76.0 cm³/mol. The van der Waals surface area contributed by atoms with Gasteiger partial charge < -0.3 is 10.3 Å². The molecule has 2 heterocycles. The van der Waals surface area contributed by atoms with Crippen LogP contribution in [0.5, 0.6) is 0 Å². The lowest BCUT2D eigenvalue weighted by Crippen LogP contribution is -2.12. The lowest BCUT2D eigenvalue weighted by Gasteiger charge is -1.95. The molecule has 3 N–H and O–H groups in total.